The molecule has 0 aliphatic heterocycles. The maximum atomic E-state index is 10.9. The molecule has 0 aliphatic rings. The number of nitrogens with one attached hydrogen (secondary N) is 2. The van der Waals surface area contributed by atoms with Gasteiger partial charge in [-0.15, -0.1) is 0 Å². The predicted molar refractivity (Wildman–Crippen MR) is 65.5 cm³/mol. The van der Waals surface area contributed by atoms with Crippen LogP contribution >= 0.6 is 0 Å². The molecule has 92 valence electrons. The molecule has 2 N–H and O–H groups in total. The van der Waals surface area contributed by atoms with Crippen LogP contribution in [-0.4, -0.2) is 23.3 Å². The van der Waals surface area contributed by atoms with E-state index in [4.69, 9.17) is 0 Å². The fourth-order valence-corrected chi connectivity index (χ4v) is 1.40. The molecule has 2 amide bonds. The van der Waals surface area contributed by atoms with Gasteiger partial charge in [-0.05, 0) is 25.0 Å². The van der Waals surface area contributed by atoms with Crippen molar-refractivity contribution >= 4 is 17.6 Å². The Kier molecular flexibility index (Phi) is 5.13. The van der Waals surface area contributed by atoms with Crippen LogP contribution in [0.1, 0.15) is 26.0 Å². The van der Waals surface area contributed by atoms with Crippen LogP contribution in [0.15, 0.2) is 18.2 Å². The van der Waals surface area contributed by atoms with Crippen LogP contribution < -0.4 is 10.6 Å². The molecule has 5 nitrogen and oxygen atoms in total. The Hall–Kier alpha value is -1.91. The summed E-state index contributed by atoms with van der Waals surface area (Å²) < 4.78 is 0. The van der Waals surface area contributed by atoms with Crippen molar-refractivity contribution in [3.8, 4) is 0 Å². The number of hydrogen-bond donors (Lipinski definition) is 2. The van der Waals surface area contributed by atoms with Gasteiger partial charge in [-0.3, -0.25) is 9.59 Å². The summed E-state index contributed by atoms with van der Waals surface area (Å²) in [5.74, 6) is 0.410. The Morgan fingerprint density at radius 1 is 1.24 bits per heavy atom. The standard InChI is InChI=1S/C12H17N3O2/c1-9(16)13-8-4-6-11-5-3-7-12(15-11)14-10(2)17/h3,5,7H,4,6,8H2,1-2H3,(H,13,16)(H,14,15,17). The van der Waals surface area contributed by atoms with Gasteiger partial charge in [-0.1, -0.05) is 6.07 Å². The molecular weight excluding hydrogens is 218 g/mol. The highest BCUT2D eigenvalue weighted by atomic mass is 16.2. The molecule has 0 fully saturated rings. The molecule has 17 heavy (non-hydrogen) atoms. The van der Waals surface area contributed by atoms with E-state index in [-0.39, 0.29) is 11.8 Å². The second-order valence-corrected chi connectivity index (χ2v) is 3.78. The van der Waals surface area contributed by atoms with Gasteiger partial charge in [0.05, 0.1) is 0 Å². The third-order valence-electron chi connectivity index (χ3n) is 2.09. The number of aromatic nitrogens is 1. The van der Waals surface area contributed by atoms with E-state index >= 15 is 0 Å². The van der Waals surface area contributed by atoms with Crippen LogP contribution in [-0.2, 0) is 16.0 Å². The molecule has 1 aromatic heterocycles. The van der Waals surface area contributed by atoms with Crippen LogP contribution in [0.5, 0.6) is 0 Å². The molecule has 5 heteroatoms. The summed E-state index contributed by atoms with van der Waals surface area (Å²) in [6, 6.07) is 5.50. The lowest BCUT2D eigenvalue weighted by Gasteiger charge is -2.05. The Morgan fingerprint density at radius 2 is 2.00 bits per heavy atom. The van der Waals surface area contributed by atoms with Crippen LogP contribution in [0.3, 0.4) is 0 Å². The van der Waals surface area contributed by atoms with Gasteiger partial charge >= 0.3 is 0 Å². The van der Waals surface area contributed by atoms with Gasteiger partial charge in [-0.25, -0.2) is 4.98 Å². The number of carbonyl (C=O) groups is 2. The molecule has 0 saturated carbocycles. The third-order valence-corrected chi connectivity index (χ3v) is 2.09. The first-order valence-corrected chi connectivity index (χ1v) is 5.56. The van der Waals surface area contributed by atoms with E-state index < -0.39 is 0 Å². The first-order chi connectivity index (χ1) is 8.08. The Bertz CT molecular complexity index is 404. The zero-order valence-corrected chi connectivity index (χ0v) is 10.1. The molecular formula is C12H17N3O2. The van der Waals surface area contributed by atoms with Gasteiger partial charge in [0.2, 0.25) is 11.8 Å². The molecule has 1 heterocycles. The van der Waals surface area contributed by atoms with Crippen molar-refractivity contribution in [3.05, 3.63) is 23.9 Å². The first-order valence-electron chi connectivity index (χ1n) is 5.56. The van der Waals surface area contributed by atoms with Crippen LogP contribution in [0, 0.1) is 0 Å². The minimum atomic E-state index is -0.132. The molecule has 1 aromatic rings. The van der Waals surface area contributed by atoms with Gasteiger partial charge < -0.3 is 10.6 Å². The van der Waals surface area contributed by atoms with Crippen molar-refractivity contribution in [3.63, 3.8) is 0 Å². The molecule has 0 atom stereocenters. The van der Waals surface area contributed by atoms with E-state index in [0.717, 1.165) is 18.5 Å². The minimum absolute atomic E-state index is 0.0232. The fourth-order valence-electron chi connectivity index (χ4n) is 1.40. The Balaban J connectivity index is 2.42. The summed E-state index contributed by atoms with van der Waals surface area (Å²) in [6.45, 7) is 3.59. The van der Waals surface area contributed by atoms with Gasteiger partial charge in [-0.2, -0.15) is 0 Å². The average Bonchev–Trinajstić information content (AvgIpc) is 2.24. The van der Waals surface area contributed by atoms with E-state index in [9.17, 15) is 9.59 Å². The average molecular weight is 235 g/mol. The smallest absolute Gasteiger partial charge is 0.222 e. The lowest BCUT2D eigenvalue weighted by molar-refractivity contribution is -0.119. The molecule has 0 saturated heterocycles. The van der Waals surface area contributed by atoms with Crippen molar-refractivity contribution in [1.29, 1.82) is 0 Å². The van der Waals surface area contributed by atoms with E-state index in [1.165, 1.54) is 13.8 Å². The maximum Gasteiger partial charge on any atom is 0.222 e. The maximum absolute atomic E-state index is 10.9. The third kappa shape index (κ3) is 5.65. The molecule has 0 radical (unpaired) electrons. The molecule has 0 aromatic carbocycles. The van der Waals surface area contributed by atoms with Crippen LogP contribution in [0.4, 0.5) is 5.82 Å². The minimum Gasteiger partial charge on any atom is -0.356 e. The van der Waals surface area contributed by atoms with Gasteiger partial charge in [0, 0.05) is 26.1 Å². The number of anilines is 1. The van der Waals surface area contributed by atoms with E-state index in [1.54, 1.807) is 6.07 Å². The number of carbonyl (C=O) groups excluding carboxylic acids is 2. The highest BCUT2D eigenvalue weighted by Gasteiger charge is 2.00. The highest BCUT2D eigenvalue weighted by molar-refractivity contribution is 5.87. The fraction of sp³-hybridized carbons (Fsp3) is 0.417. The highest BCUT2D eigenvalue weighted by Crippen LogP contribution is 2.06. The summed E-state index contributed by atoms with van der Waals surface area (Å²) in [5, 5.41) is 5.36. The predicted octanol–water partition coefficient (Wildman–Crippen LogP) is 1.11. The zero-order chi connectivity index (χ0) is 12.7. The summed E-state index contributed by atoms with van der Waals surface area (Å²) in [4.78, 5) is 25.8. The number of nitrogens with zero attached hydrogens (tertiary/aromatic N) is 1. The quantitative estimate of drug-likeness (QED) is 0.751. The Morgan fingerprint density at radius 3 is 2.65 bits per heavy atom. The zero-order valence-electron chi connectivity index (χ0n) is 10.1. The van der Waals surface area contributed by atoms with Crippen molar-refractivity contribution < 1.29 is 9.59 Å². The molecule has 1 rings (SSSR count). The number of aryl methyl sites for hydroxylation is 1. The lowest BCUT2D eigenvalue weighted by atomic mass is 10.2. The number of amides is 2. The first kappa shape index (κ1) is 13.2. The SMILES string of the molecule is CC(=O)NCCCc1cccc(NC(C)=O)n1. The van der Waals surface area contributed by atoms with Crippen LogP contribution in [0.2, 0.25) is 0 Å². The molecule has 0 aliphatic carbocycles. The summed E-state index contributed by atoms with van der Waals surface area (Å²) in [6.07, 6.45) is 1.60. The van der Waals surface area contributed by atoms with Crippen molar-refractivity contribution in [1.82, 2.24) is 10.3 Å². The van der Waals surface area contributed by atoms with Crippen molar-refractivity contribution in [2.75, 3.05) is 11.9 Å². The van der Waals surface area contributed by atoms with Gasteiger partial charge in [0.25, 0.3) is 0 Å². The second kappa shape index (κ2) is 6.62. The second-order valence-electron chi connectivity index (χ2n) is 3.78. The molecule has 0 bridgehead atoms. The van der Waals surface area contributed by atoms with Crippen molar-refractivity contribution in [2.45, 2.75) is 26.7 Å². The summed E-state index contributed by atoms with van der Waals surface area (Å²) in [7, 11) is 0. The topological polar surface area (TPSA) is 71.1 Å². The molecule has 0 unspecified atom stereocenters. The Labute approximate surface area is 101 Å². The van der Waals surface area contributed by atoms with E-state index in [0.29, 0.717) is 12.4 Å². The van der Waals surface area contributed by atoms with E-state index in [1.807, 2.05) is 12.1 Å². The largest absolute Gasteiger partial charge is 0.356 e. The lowest BCUT2D eigenvalue weighted by Crippen LogP contribution is -2.21. The van der Waals surface area contributed by atoms with Gasteiger partial charge in [0.15, 0.2) is 0 Å². The summed E-state index contributed by atoms with van der Waals surface area (Å²) in [5.41, 5.74) is 0.904. The number of pyridine rings is 1. The van der Waals surface area contributed by atoms with Crippen LogP contribution in [0.25, 0.3) is 0 Å². The normalized spacial score (nSPS) is 9.76. The number of hydrogen-bond acceptors (Lipinski definition) is 3. The van der Waals surface area contributed by atoms with E-state index in [2.05, 4.69) is 15.6 Å². The van der Waals surface area contributed by atoms with Crippen molar-refractivity contribution in [2.24, 2.45) is 0 Å². The monoisotopic (exact) mass is 235 g/mol. The molecule has 0 spiro atoms. The summed E-state index contributed by atoms with van der Waals surface area (Å²) >= 11 is 0. The number of rotatable bonds is 5. The van der Waals surface area contributed by atoms with Gasteiger partial charge in [0.1, 0.15) is 5.82 Å².